The molecule has 1 atom stereocenters. The molecule has 1 amide bonds. The molecule has 0 fully saturated rings. The van der Waals surface area contributed by atoms with Gasteiger partial charge in [-0.15, -0.1) is 0 Å². The van der Waals surface area contributed by atoms with Crippen LogP contribution >= 0.6 is 0 Å². The zero-order valence-corrected chi connectivity index (χ0v) is 14.0. The summed E-state index contributed by atoms with van der Waals surface area (Å²) in [5.74, 6) is -0.855. The molecule has 1 aliphatic rings. The van der Waals surface area contributed by atoms with Gasteiger partial charge in [0.2, 0.25) is 5.66 Å². The average molecular weight is 331 g/mol. The monoisotopic (exact) mass is 331 g/mol. The summed E-state index contributed by atoms with van der Waals surface area (Å²) in [5, 5.41) is 23.9. The fourth-order valence-electron chi connectivity index (χ4n) is 2.53. The lowest BCUT2D eigenvalue weighted by molar-refractivity contribution is -0.136. The molecule has 1 aromatic carbocycles. The van der Waals surface area contributed by atoms with Gasteiger partial charge in [-0.05, 0) is 44.4 Å². The van der Waals surface area contributed by atoms with Crippen molar-refractivity contribution in [2.24, 2.45) is 0 Å². The Kier molecular flexibility index (Phi) is 4.69. The summed E-state index contributed by atoms with van der Waals surface area (Å²) in [6.45, 7) is 5.24. The van der Waals surface area contributed by atoms with Gasteiger partial charge in [-0.2, -0.15) is 5.26 Å². The Morgan fingerprint density at radius 3 is 2.75 bits per heavy atom. The number of carboxylic acid groups (broad SMARTS) is 1. The maximum absolute atomic E-state index is 12.0. The van der Waals surface area contributed by atoms with Crippen molar-refractivity contribution in [2.75, 3.05) is 5.32 Å². The molecule has 0 bridgehead atoms. The van der Waals surface area contributed by atoms with Crippen molar-refractivity contribution in [1.29, 1.82) is 5.26 Å². The lowest BCUT2D eigenvalue weighted by atomic mass is 10.0. The lowest BCUT2D eigenvalue weighted by Gasteiger charge is -2.26. The highest BCUT2D eigenvalue weighted by Crippen LogP contribution is 2.32. The van der Waals surface area contributed by atoms with Gasteiger partial charge in [0.1, 0.15) is 11.7 Å². The molecule has 0 saturated heterocycles. The molecule has 0 aliphatic carbocycles. The number of carbonyl (C=O) groups excluding carboxylic acids is 1. The van der Waals surface area contributed by atoms with E-state index in [0.717, 1.165) is 16.8 Å². The Balaban J connectivity index is 2.11. The molecule has 7 nitrogen and oxygen atoms in total. The maximum atomic E-state index is 12.0. The van der Waals surface area contributed by atoms with Crippen LogP contribution < -0.4 is 10.6 Å². The Hall–Kier alpha value is -2.75. The van der Waals surface area contributed by atoms with Gasteiger partial charge >= 0.3 is 12.1 Å². The van der Waals surface area contributed by atoms with Crippen LogP contribution in [0.2, 0.25) is 0 Å². The number of hydrogen-bond acceptors (Lipinski definition) is 5. The van der Waals surface area contributed by atoms with Crippen LogP contribution in [0.4, 0.5) is 10.5 Å². The van der Waals surface area contributed by atoms with E-state index in [9.17, 15) is 14.9 Å². The number of hydrogen-bond donors (Lipinski definition) is 3. The molecule has 1 aromatic rings. The lowest BCUT2D eigenvalue weighted by Crippen LogP contribution is -2.53. The van der Waals surface area contributed by atoms with Crippen LogP contribution in [0, 0.1) is 11.3 Å². The number of fused-ring (bicyclic) bond motifs is 1. The number of alkyl carbamates (subject to hydrolysis) is 1. The van der Waals surface area contributed by atoms with Gasteiger partial charge in [-0.3, -0.25) is 10.1 Å². The number of aliphatic carboxylic acids is 1. The van der Waals surface area contributed by atoms with E-state index in [1.54, 1.807) is 26.8 Å². The third kappa shape index (κ3) is 4.38. The van der Waals surface area contributed by atoms with Crippen molar-refractivity contribution < 1.29 is 19.4 Å². The molecule has 0 aromatic heterocycles. The molecule has 128 valence electrons. The number of aryl methyl sites for hydroxylation is 1. The van der Waals surface area contributed by atoms with E-state index < -0.39 is 23.3 Å². The topological polar surface area (TPSA) is 111 Å². The van der Waals surface area contributed by atoms with Gasteiger partial charge < -0.3 is 15.2 Å². The number of amides is 1. The summed E-state index contributed by atoms with van der Waals surface area (Å²) in [6, 6.07) is 7.56. The SMILES string of the molecule is CC(C)(C)OC(=O)N[C@]1(C#N)Cc2cc(CCC(=O)O)ccc2N1. The number of carbonyl (C=O) groups is 2. The molecule has 7 heteroatoms. The van der Waals surface area contributed by atoms with Gasteiger partial charge in [-0.25, -0.2) is 4.79 Å². The Labute approximate surface area is 140 Å². The highest BCUT2D eigenvalue weighted by atomic mass is 16.6. The summed E-state index contributed by atoms with van der Waals surface area (Å²) in [5.41, 5.74) is 0.554. The molecule has 1 heterocycles. The van der Waals surface area contributed by atoms with Crippen molar-refractivity contribution in [3.63, 3.8) is 0 Å². The van der Waals surface area contributed by atoms with E-state index in [1.807, 2.05) is 12.1 Å². The van der Waals surface area contributed by atoms with E-state index in [4.69, 9.17) is 9.84 Å². The minimum Gasteiger partial charge on any atom is -0.481 e. The van der Waals surface area contributed by atoms with Gasteiger partial charge in [0.15, 0.2) is 0 Å². The summed E-state index contributed by atoms with van der Waals surface area (Å²) in [4.78, 5) is 22.7. The molecule has 3 N–H and O–H groups in total. The second kappa shape index (κ2) is 6.40. The van der Waals surface area contributed by atoms with Crippen LogP contribution in [0.15, 0.2) is 18.2 Å². The number of carboxylic acids is 1. The molecular weight excluding hydrogens is 310 g/mol. The fourth-order valence-corrected chi connectivity index (χ4v) is 2.53. The Bertz CT molecular complexity index is 703. The summed E-state index contributed by atoms with van der Waals surface area (Å²) < 4.78 is 5.21. The van der Waals surface area contributed by atoms with Gasteiger partial charge in [0.25, 0.3) is 0 Å². The van der Waals surface area contributed by atoms with E-state index in [-0.39, 0.29) is 12.8 Å². The van der Waals surface area contributed by atoms with Crippen LogP contribution in [-0.2, 0) is 22.4 Å². The van der Waals surface area contributed by atoms with Crippen LogP contribution in [-0.4, -0.2) is 28.4 Å². The van der Waals surface area contributed by atoms with Crippen molar-refractivity contribution in [1.82, 2.24) is 5.32 Å². The third-order valence-electron chi connectivity index (χ3n) is 3.51. The van der Waals surface area contributed by atoms with Crippen molar-refractivity contribution in [2.45, 2.75) is 51.3 Å². The molecule has 1 aliphatic heterocycles. The molecular formula is C17H21N3O4. The number of benzene rings is 1. The quantitative estimate of drug-likeness (QED) is 0.781. The molecule has 0 unspecified atom stereocenters. The standard InChI is InChI=1S/C17H21N3O4/c1-16(2,3)24-15(23)20-17(10-18)9-12-8-11(5-7-14(21)22)4-6-13(12)19-17/h4,6,8,19H,5,7,9H2,1-3H3,(H,20,23)(H,21,22)/t17-/m0/s1. The molecule has 2 rings (SSSR count). The third-order valence-corrected chi connectivity index (χ3v) is 3.51. The second-order valence-corrected chi connectivity index (χ2v) is 6.83. The number of rotatable bonds is 4. The fraction of sp³-hybridized carbons (Fsp3) is 0.471. The first kappa shape index (κ1) is 17.6. The van der Waals surface area contributed by atoms with E-state index in [1.165, 1.54) is 0 Å². The van der Waals surface area contributed by atoms with Crippen LogP contribution in [0.25, 0.3) is 0 Å². The predicted octanol–water partition coefficient (Wildman–Crippen LogP) is 2.42. The van der Waals surface area contributed by atoms with Crippen LogP contribution in [0.3, 0.4) is 0 Å². The summed E-state index contributed by atoms with van der Waals surface area (Å²) >= 11 is 0. The highest BCUT2D eigenvalue weighted by molar-refractivity contribution is 5.73. The number of anilines is 1. The minimum absolute atomic E-state index is 0.0474. The number of nitrogens with zero attached hydrogens (tertiary/aromatic N) is 1. The summed E-state index contributed by atoms with van der Waals surface area (Å²) in [6.07, 6.45) is 0.0716. The van der Waals surface area contributed by atoms with Crippen molar-refractivity contribution in [3.05, 3.63) is 29.3 Å². The Morgan fingerprint density at radius 1 is 1.46 bits per heavy atom. The second-order valence-electron chi connectivity index (χ2n) is 6.83. The first-order valence-electron chi connectivity index (χ1n) is 7.67. The van der Waals surface area contributed by atoms with Crippen LogP contribution in [0.5, 0.6) is 0 Å². The number of ether oxygens (including phenoxy) is 1. The first-order chi connectivity index (χ1) is 11.1. The normalized spacial score (nSPS) is 18.9. The number of nitrogens with one attached hydrogen (secondary N) is 2. The molecule has 0 saturated carbocycles. The van der Waals surface area contributed by atoms with E-state index in [0.29, 0.717) is 6.42 Å². The Morgan fingerprint density at radius 2 is 2.17 bits per heavy atom. The van der Waals surface area contributed by atoms with Crippen LogP contribution in [0.1, 0.15) is 38.3 Å². The van der Waals surface area contributed by atoms with Crippen molar-refractivity contribution in [3.8, 4) is 6.07 Å². The zero-order chi connectivity index (χ0) is 18.0. The molecule has 0 radical (unpaired) electrons. The van der Waals surface area contributed by atoms with Gasteiger partial charge in [0.05, 0.1) is 0 Å². The highest BCUT2D eigenvalue weighted by Gasteiger charge is 2.39. The largest absolute Gasteiger partial charge is 0.481 e. The van der Waals surface area contributed by atoms with E-state index in [2.05, 4.69) is 16.7 Å². The maximum Gasteiger partial charge on any atom is 0.410 e. The van der Waals surface area contributed by atoms with Gasteiger partial charge in [0, 0.05) is 18.5 Å². The first-order valence-corrected chi connectivity index (χ1v) is 7.67. The van der Waals surface area contributed by atoms with E-state index >= 15 is 0 Å². The summed E-state index contributed by atoms with van der Waals surface area (Å²) in [7, 11) is 0. The molecule has 24 heavy (non-hydrogen) atoms. The minimum atomic E-state index is -1.27. The number of nitriles is 1. The zero-order valence-electron chi connectivity index (χ0n) is 14.0. The predicted molar refractivity (Wildman–Crippen MR) is 87.4 cm³/mol. The van der Waals surface area contributed by atoms with Gasteiger partial charge in [-0.1, -0.05) is 12.1 Å². The van der Waals surface area contributed by atoms with Crippen molar-refractivity contribution >= 4 is 17.7 Å². The smallest absolute Gasteiger partial charge is 0.410 e. The molecule has 0 spiro atoms. The average Bonchev–Trinajstić information content (AvgIpc) is 2.80.